The Labute approximate surface area is 98.7 Å². The van der Waals surface area contributed by atoms with Gasteiger partial charge in [-0.2, -0.15) is 0 Å². The van der Waals surface area contributed by atoms with Crippen molar-refractivity contribution in [3.63, 3.8) is 0 Å². The Kier molecular flexibility index (Phi) is 5.50. The van der Waals surface area contributed by atoms with Crippen LogP contribution in [0.3, 0.4) is 0 Å². The molecule has 0 spiro atoms. The van der Waals surface area contributed by atoms with Crippen LogP contribution in [0.5, 0.6) is 0 Å². The first kappa shape index (κ1) is 13.2. The van der Waals surface area contributed by atoms with Crippen LogP contribution in [0.1, 0.15) is 31.9 Å². The molecule has 1 unspecified atom stereocenters. The minimum Gasteiger partial charge on any atom is -0.395 e. The largest absolute Gasteiger partial charge is 0.395 e. The third-order valence-electron chi connectivity index (χ3n) is 3.00. The third-order valence-corrected chi connectivity index (χ3v) is 3.00. The maximum atomic E-state index is 9.19. The molecule has 0 saturated heterocycles. The predicted molar refractivity (Wildman–Crippen MR) is 68.4 cm³/mol. The van der Waals surface area contributed by atoms with Gasteiger partial charge in [-0.3, -0.25) is 0 Å². The van der Waals surface area contributed by atoms with Crippen LogP contribution >= 0.6 is 0 Å². The monoisotopic (exact) mass is 221 g/mol. The Morgan fingerprint density at radius 2 is 1.69 bits per heavy atom. The van der Waals surface area contributed by atoms with Crippen LogP contribution < -0.4 is 5.32 Å². The fourth-order valence-electron chi connectivity index (χ4n) is 1.65. The molecule has 2 nitrogen and oxygen atoms in total. The van der Waals surface area contributed by atoms with E-state index in [9.17, 15) is 5.11 Å². The highest BCUT2D eigenvalue weighted by atomic mass is 16.3. The summed E-state index contributed by atoms with van der Waals surface area (Å²) in [5.41, 5.74) is 2.64. The molecule has 2 N–H and O–H groups in total. The van der Waals surface area contributed by atoms with Gasteiger partial charge in [0.2, 0.25) is 0 Å². The summed E-state index contributed by atoms with van der Waals surface area (Å²) >= 11 is 0. The summed E-state index contributed by atoms with van der Waals surface area (Å²) < 4.78 is 0. The standard InChI is InChI=1S/C14H23NO/c1-4-12-5-7-13(8-6-12)9-15-14(10-16)11(2)3/h5-8,11,14-16H,4,9-10H2,1-3H3. The fourth-order valence-corrected chi connectivity index (χ4v) is 1.65. The second-order valence-corrected chi connectivity index (χ2v) is 4.58. The molecule has 0 amide bonds. The minimum atomic E-state index is 0.186. The van der Waals surface area contributed by atoms with Crippen molar-refractivity contribution in [3.05, 3.63) is 35.4 Å². The van der Waals surface area contributed by atoms with Gasteiger partial charge in [0, 0.05) is 12.6 Å². The zero-order chi connectivity index (χ0) is 12.0. The van der Waals surface area contributed by atoms with E-state index in [-0.39, 0.29) is 12.6 Å². The smallest absolute Gasteiger partial charge is 0.0587 e. The highest BCUT2D eigenvalue weighted by Gasteiger charge is 2.10. The lowest BCUT2D eigenvalue weighted by Gasteiger charge is -2.20. The molecule has 1 aromatic carbocycles. The minimum absolute atomic E-state index is 0.186. The molecule has 0 aliphatic heterocycles. The topological polar surface area (TPSA) is 32.3 Å². The number of hydrogen-bond acceptors (Lipinski definition) is 2. The Morgan fingerprint density at radius 1 is 1.12 bits per heavy atom. The molecule has 0 aliphatic carbocycles. The Hall–Kier alpha value is -0.860. The first-order valence-electron chi connectivity index (χ1n) is 6.09. The van der Waals surface area contributed by atoms with Gasteiger partial charge < -0.3 is 10.4 Å². The molecule has 1 aromatic rings. The molecular weight excluding hydrogens is 198 g/mol. The summed E-state index contributed by atoms with van der Waals surface area (Å²) in [6.45, 7) is 7.42. The van der Waals surface area contributed by atoms with E-state index in [0.717, 1.165) is 13.0 Å². The SMILES string of the molecule is CCc1ccc(CNC(CO)C(C)C)cc1. The van der Waals surface area contributed by atoms with Crippen molar-refractivity contribution in [2.24, 2.45) is 5.92 Å². The van der Waals surface area contributed by atoms with Gasteiger partial charge in [-0.15, -0.1) is 0 Å². The lowest BCUT2D eigenvalue weighted by molar-refractivity contribution is 0.210. The maximum Gasteiger partial charge on any atom is 0.0587 e. The highest BCUT2D eigenvalue weighted by molar-refractivity contribution is 5.22. The summed E-state index contributed by atoms with van der Waals surface area (Å²) in [6.07, 6.45) is 1.08. The summed E-state index contributed by atoms with van der Waals surface area (Å²) in [4.78, 5) is 0. The Balaban J connectivity index is 2.47. The van der Waals surface area contributed by atoms with Crippen LogP contribution in [0.4, 0.5) is 0 Å². The molecule has 2 heteroatoms. The van der Waals surface area contributed by atoms with Gasteiger partial charge in [-0.1, -0.05) is 45.0 Å². The van der Waals surface area contributed by atoms with Crippen LogP contribution in [0.25, 0.3) is 0 Å². The van der Waals surface area contributed by atoms with E-state index >= 15 is 0 Å². The Morgan fingerprint density at radius 3 is 2.12 bits per heavy atom. The zero-order valence-corrected chi connectivity index (χ0v) is 10.5. The second kappa shape index (κ2) is 6.66. The van der Waals surface area contributed by atoms with Gasteiger partial charge in [0.05, 0.1) is 6.61 Å². The summed E-state index contributed by atoms with van der Waals surface area (Å²) in [6, 6.07) is 8.83. The van der Waals surface area contributed by atoms with Crippen molar-refractivity contribution in [1.29, 1.82) is 0 Å². The molecule has 1 atom stereocenters. The third kappa shape index (κ3) is 3.95. The van der Waals surface area contributed by atoms with Crippen molar-refractivity contribution in [3.8, 4) is 0 Å². The molecular formula is C14H23NO. The van der Waals surface area contributed by atoms with E-state index in [0.29, 0.717) is 5.92 Å². The van der Waals surface area contributed by atoms with Gasteiger partial charge in [0.1, 0.15) is 0 Å². The molecule has 1 rings (SSSR count). The molecule has 0 heterocycles. The van der Waals surface area contributed by atoms with E-state index in [1.54, 1.807) is 0 Å². The summed E-state index contributed by atoms with van der Waals surface area (Å²) in [5.74, 6) is 0.458. The first-order valence-corrected chi connectivity index (χ1v) is 6.09. The van der Waals surface area contributed by atoms with E-state index in [1.165, 1.54) is 11.1 Å². The molecule has 0 aromatic heterocycles. The van der Waals surface area contributed by atoms with Gasteiger partial charge in [0.25, 0.3) is 0 Å². The number of aliphatic hydroxyl groups is 1. The normalized spacial score (nSPS) is 13.1. The van der Waals surface area contributed by atoms with Crippen LogP contribution in [0, 0.1) is 5.92 Å². The predicted octanol–water partition coefficient (Wildman–Crippen LogP) is 2.36. The number of nitrogens with one attached hydrogen (secondary N) is 1. The lowest BCUT2D eigenvalue weighted by Crippen LogP contribution is -2.36. The quantitative estimate of drug-likeness (QED) is 0.773. The second-order valence-electron chi connectivity index (χ2n) is 4.58. The highest BCUT2D eigenvalue weighted by Crippen LogP contribution is 2.06. The van der Waals surface area contributed by atoms with Crippen molar-refractivity contribution in [1.82, 2.24) is 5.32 Å². The zero-order valence-electron chi connectivity index (χ0n) is 10.5. The van der Waals surface area contributed by atoms with Gasteiger partial charge >= 0.3 is 0 Å². The molecule has 16 heavy (non-hydrogen) atoms. The van der Waals surface area contributed by atoms with Crippen LogP contribution in [0.2, 0.25) is 0 Å². The number of hydrogen-bond donors (Lipinski definition) is 2. The summed E-state index contributed by atoms with van der Waals surface area (Å²) in [7, 11) is 0. The van der Waals surface area contributed by atoms with E-state index in [2.05, 4.69) is 50.4 Å². The number of rotatable bonds is 6. The van der Waals surface area contributed by atoms with Crippen molar-refractivity contribution in [2.75, 3.05) is 6.61 Å². The number of aliphatic hydroxyl groups excluding tert-OH is 1. The molecule has 0 aliphatic rings. The lowest BCUT2D eigenvalue weighted by atomic mass is 10.0. The van der Waals surface area contributed by atoms with Crippen molar-refractivity contribution >= 4 is 0 Å². The molecule has 90 valence electrons. The molecule has 0 bridgehead atoms. The van der Waals surface area contributed by atoms with Gasteiger partial charge in [-0.25, -0.2) is 0 Å². The molecule has 0 radical (unpaired) electrons. The van der Waals surface area contributed by atoms with Crippen molar-refractivity contribution in [2.45, 2.75) is 39.8 Å². The summed E-state index contributed by atoms with van der Waals surface area (Å²) in [5, 5.41) is 12.6. The average molecular weight is 221 g/mol. The number of aryl methyl sites for hydroxylation is 1. The molecule has 0 fully saturated rings. The van der Waals surface area contributed by atoms with Crippen LogP contribution in [-0.2, 0) is 13.0 Å². The van der Waals surface area contributed by atoms with E-state index in [4.69, 9.17) is 0 Å². The van der Waals surface area contributed by atoms with Crippen LogP contribution in [0.15, 0.2) is 24.3 Å². The van der Waals surface area contributed by atoms with Gasteiger partial charge in [0.15, 0.2) is 0 Å². The van der Waals surface area contributed by atoms with E-state index < -0.39 is 0 Å². The average Bonchev–Trinajstić information content (AvgIpc) is 2.30. The first-order chi connectivity index (χ1) is 7.67. The van der Waals surface area contributed by atoms with Crippen LogP contribution in [-0.4, -0.2) is 17.8 Å². The van der Waals surface area contributed by atoms with Gasteiger partial charge in [-0.05, 0) is 23.5 Å². The fraction of sp³-hybridized carbons (Fsp3) is 0.571. The van der Waals surface area contributed by atoms with Crippen molar-refractivity contribution < 1.29 is 5.11 Å². The van der Waals surface area contributed by atoms with E-state index in [1.807, 2.05) is 0 Å². The number of benzene rings is 1. The Bertz CT molecular complexity index is 292. The maximum absolute atomic E-state index is 9.19. The molecule has 0 saturated carbocycles.